The third kappa shape index (κ3) is 2.16. The summed E-state index contributed by atoms with van der Waals surface area (Å²) in [6.45, 7) is 4.21. The van der Waals surface area contributed by atoms with Gasteiger partial charge in [0.15, 0.2) is 0 Å². The highest BCUT2D eigenvalue weighted by atomic mass is 16.5. The van der Waals surface area contributed by atoms with Gasteiger partial charge in [0.05, 0.1) is 12.2 Å². The molecule has 1 heteroatoms. The van der Waals surface area contributed by atoms with Crippen LogP contribution in [0.15, 0.2) is 30.3 Å². The molecule has 1 aliphatic carbocycles. The molecular weight excluding hydrogens is 172 g/mol. The van der Waals surface area contributed by atoms with Gasteiger partial charge in [-0.1, -0.05) is 30.3 Å². The van der Waals surface area contributed by atoms with Gasteiger partial charge in [-0.15, -0.1) is 0 Å². The summed E-state index contributed by atoms with van der Waals surface area (Å²) in [7, 11) is 0. The van der Waals surface area contributed by atoms with Gasteiger partial charge in [0.2, 0.25) is 0 Å². The van der Waals surface area contributed by atoms with Crippen molar-refractivity contribution in [1.29, 1.82) is 0 Å². The minimum Gasteiger partial charge on any atom is -0.376 e. The first-order valence-electron chi connectivity index (χ1n) is 5.46. The van der Waals surface area contributed by atoms with E-state index in [2.05, 4.69) is 44.2 Å². The fraction of sp³-hybridized carbons (Fsp3) is 0.538. The van der Waals surface area contributed by atoms with Gasteiger partial charge in [-0.3, -0.25) is 0 Å². The minimum absolute atomic E-state index is 0.372. The van der Waals surface area contributed by atoms with E-state index in [4.69, 9.17) is 4.74 Å². The van der Waals surface area contributed by atoms with E-state index in [-0.39, 0.29) is 0 Å². The normalized spacial score (nSPS) is 26.2. The van der Waals surface area contributed by atoms with Crippen LogP contribution in [0, 0.1) is 0 Å². The number of hydrogen-bond acceptors (Lipinski definition) is 1. The van der Waals surface area contributed by atoms with E-state index < -0.39 is 0 Å². The van der Waals surface area contributed by atoms with Crippen LogP contribution in [0.4, 0.5) is 0 Å². The number of benzene rings is 1. The summed E-state index contributed by atoms with van der Waals surface area (Å²) in [6.07, 6.45) is 3.27. The first kappa shape index (κ1) is 9.72. The summed E-state index contributed by atoms with van der Waals surface area (Å²) in [4.78, 5) is 0. The SMILES string of the molecule is CC(C)OC1CC(c2ccccc2)C1. The molecule has 0 aromatic heterocycles. The van der Waals surface area contributed by atoms with Crippen molar-refractivity contribution in [2.24, 2.45) is 0 Å². The first-order chi connectivity index (χ1) is 6.75. The van der Waals surface area contributed by atoms with Gasteiger partial charge >= 0.3 is 0 Å². The van der Waals surface area contributed by atoms with E-state index in [1.807, 2.05) is 0 Å². The molecule has 0 unspecified atom stereocenters. The van der Waals surface area contributed by atoms with Crippen LogP contribution in [0.3, 0.4) is 0 Å². The maximum absolute atomic E-state index is 5.74. The third-order valence-electron chi connectivity index (χ3n) is 2.83. The van der Waals surface area contributed by atoms with Crippen LogP contribution < -0.4 is 0 Å². The van der Waals surface area contributed by atoms with Crippen molar-refractivity contribution in [2.75, 3.05) is 0 Å². The van der Waals surface area contributed by atoms with Crippen LogP contribution in [0.25, 0.3) is 0 Å². The Kier molecular flexibility index (Phi) is 2.87. The fourth-order valence-electron chi connectivity index (χ4n) is 2.06. The second-order valence-corrected chi connectivity index (χ2v) is 4.39. The molecule has 1 aromatic carbocycles. The van der Waals surface area contributed by atoms with Crippen molar-refractivity contribution >= 4 is 0 Å². The second kappa shape index (κ2) is 4.14. The Morgan fingerprint density at radius 1 is 1.14 bits per heavy atom. The van der Waals surface area contributed by atoms with Crippen molar-refractivity contribution in [3.63, 3.8) is 0 Å². The van der Waals surface area contributed by atoms with Crippen molar-refractivity contribution in [1.82, 2.24) is 0 Å². The maximum atomic E-state index is 5.74. The highest BCUT2D eigenvalue weighted by molar-refractivity contribution is 5.22. The molecule has 76 valence electrons. The van der Waals surface area contributed by atoms with Crippen molar-refractivity contribution in [2.45, 2.75) is 44.8 Å². The van der Waals surface area contributed by atoms with E-state index in [0.29, 0.717) is 12.2 Å². The zero-order chi connectivity index (χ0) is 9.97. The van der Waals surface area contributed by atoms with E-state index in [1.165, 1.54) is 18.4 Å². The summed E-state index contributed by atoms with van der Waals surface area (Å²) < 4.78 is 5.74. The van der Waals surface area contributed by atoms with Gasteiger partial charge in [-0.05, 0) is 38.2 Å². The van der Waals surface area contributed by atoms with Crippen molar-refractivity contribution < 1.29 is 4.74 Å². The lowest BCUT2D eigenvalue weighted by Crippen LogP contribution is -2.31. The van der Waals surface area contributed by atoms with Gasteiger partial charge in [-0.2, -0.15) is 0 Å². The Bertz CT molecular complexity index is 273. The summed E-state index contributed by atoms with van der Waals surface area (Å²) in [6, 6.07) is 10.7. The predicted molar refractivity (Wildman–Crippen MR) is 58.4 cm³/mol. The molecule has 0 atom stereocenters. The average Bonchev–Trinajstić information content (AvgIpc) is 2.12. The van der Waals surface area contributed by atoms with E-state index in [0.717, 1.165) is 5.92 Å². The van der Waals surface area contributed by atoms with Gasteiger partial charge in [-0.25, -0.2) is 0 Å². The van der Waals surface area contributed by atoms with Gasteiger partial charge in [0.1, 0.15) is 0 Å². The fourth-order valence-corrected chi connectivity index (χ4v) is 2.06. The molecule has 0 amide bonds. The quantitative estimate of drug-likeness (QED) is 0.710. The van der Waals surface area contributed by atoms with Crippen LogP contribution in [0.5, 0.6) is 0 Å². The lowest BCUT2D eigenvalue weighted by Gasteiger charge is -2.36. The molecule has 1 aromatic rings. The molecule has 0 aliphatic heterocycles. The molecule has 0 radical (unpaired) electrons. The third-order valence-corrected chi connectivity index (χ3v) is 2.83. The van der Waals surface area contributed by atoms with Crippen LogP contribution >= 0.6 is 0 Å². The predicted octanol–water partition coefficient (Wildman–Crippen LogP) is 3.36. The molecule has 1 nitrogen and oxygen atoms in total. The smallest absolute Gasteiger partial charge is 0.0590 e. The molecule has 1 fully saturated rings. The Labute approximate surface area is 86.1 Å². The first-order valence-corrected chi connectivity index (χ1v) is 5.46. The Hall–Kier alpha value is -0.820. The van der Waals surface area contributed by atoms with Gasteiger partial charge in [0, 0.05) is 0 Å². The van der Waals surface area contributed by atoms with E-state index in [9.17, 15) is 0 Å². The summed E-state index contributed by atoms with van der Waals surface area (Å²) >= 11 is 0. The van der Waals surface area contributed by atoms with Gasteiger partial charge < -0.3 is 4.74 Å². The molecule has 2 rings (SSSR count). The lowest BCUT2D eigenvalue weighted by atomic mass is 9.77. The average molecular weight is 190 g/mol. The zero-order valence-corrected chi connectivity index (χ0v) is 8.94. The van der Waals surface area contributed by atoms with E-state index >= 15 is 0 Å². The molecule has 14 heavy (non-hydrogen) atoms. The zero-order valence-electron chi connectivity index (χ0n) is 8.94. The largest absolute Gasteiger partial charge is 0.376 e. The summed E-state index contributed by atoms with van der Waals surface area (Å²) in [5.41, 5.74) is 1.47. The van der Waals surface area contributed by atoms with Crippen molar-refractivity contribution in [3.05, 3.63) is 35.9 Å². The van der Waals surface area contributed by atoms with Crippen LogP contribution in [-0.4, -0.2) is 12.2 Å². The minimum atomic E-state index is 0.372. The molecule has 0 bridgehead atoms. The van der Waals surface area contributed by atoms with Crippen LogP contribution in [0.2, 0.25) is 0 Å². The van der Waals surface area contributed by atoms with E-state index in [1.54, 1.807) is 0 Å². The molecular formula is C13H18O. The summed E-state index contributed by atoms with van der Waals surface area (Å²) in [5.74, 6) is 0.736. The Balaban J connectivity index is 1.83. The summed E-state index contributed by atoms with van der Waals surface area (Å²) in [5, 5.41) is 0. The molecule has 0 spiro atoms. The molecule has 1 aliphatic rings. The number of ether oxygens (including phenoxy) is 1. The topological polar surface area (TPSA) is 9.23 Å². The maximum Gasteiger partial charge on any atom is 0.0590 e. The lowest BCUT2D eigenvalue weighted by molar-refractivity contribution is -0.0450. The van der Waals surface area contributed by atoms with Crippen molar-refractivity contribution in [3.8, 4) is 0 Å². The Morgan fingerprint density at radius 2 is 1.79 bits per heavy atom. The highest BCUT2D eigenvalue weighted by Crippen LogP contribution is 2.38. The monoisotopic (exact) mass is 190 g/mol. The number of hydrogen-bond donors (Lipinski definition) is 0. The van der Waals surface area contributed by atoms with Crippen LogP contribution in [-0.2, 0) is 4.74 Å². The molecule has 1 saturated carbocycles. The molecule has 0 N–H and O–H groups in total. The van der Waals surface area contributed by atoms with Gasteiger partial charge in [0.25, 0.3) is 0 Å². The second-order valence-electron chi connectivity index (χ2n) is 4.39. The Morgan fingerprint density at radius 3 is 2.36 bits per heavy atom. The molecule has 0 heterocycles. The standard InChI is InChI=1S/C13H18O/c1-10(2)14-13-8-12(9-13)11-6-4-3-5-7-11/h3-7,10,12-13H,8-9H2,1-2H3. The molecule has 0 saturated heterocycles. The van der Waals surface area contributed by atoms with Crippen LogP contribution in [0.1, 0.15) is 38.2 Å². The highest BCUT2D eigenvalue weighted by Gasteiger charge is 2.31. The number of rotatable bonds is 3.